The quantitative estimate of drug-likeness (QED) is 0.430. The second kappa shape index (κ2) is 7.12. The number of nitrogens with zero attached hydrogens (tertiary/aromatic N) is 3. The molecular formula is C22H16N4O3. The summed E-state index contributed by atoms with van der Waals surface area (Å²) in [6.45, 7) is 0.221. The first-order chi connectivity index (χ1) is 14.3. The monoisotopic (exact) mass is 384 g/mol. The van der Waals surface area contributed by atoms with Crippen LogP contribution in [0.5, 0.6) is 11.5 Å². The first-order valence-electron chi connectivity index (χ1n) is 9.05. The lowest BCUT2D eigenvalue weighted by molar-refractivity contribution is 0.174. The summed E-state index contributed by atoms with van der Waals surface area (Å²) >= 11 is 0. The smallest absolute Gasteiger partial charge is 0.267 e. The van der Waals surface area contributed by atoms with Crippen molar-refractivity contribution in [3.8, 4) is 17.2 Å². The molecule has 0 spiro atoms. The number of rotatable bonds is 4. The van der Waals surface area contributed by atoms with Crippen LogP contribution >= 0.6 is 0 Å². The molecule has 0 fully saturated rings. The molecule has 7 heteroatoms. The molecule has 0 saturated carbocycles. The average Bonchev–Trinajstić information content (AvgIpc) is 3.23. The fourth-order valence-corrected chi connectivity index (χ4v) is 3.18. The summed E-state index contributed by atoms with van der Waals surface area (Å²) in [7, 11) is 0. The zero-order valence-corrected chi connectivity index (χ0v) is 15.3. The number of aromatic nitrogens is 2. The van der Waals surface area contributed by atoms with Crippen molar-refractivity contribution in [2.75, 3.05) is 12.2 Å². The highest BCUT2D eigenvalue weighted by Gasteiger charge is 2.13. The third-order valence-corrected chi connectivity index (χ3v) is 4.56. The molecule has 1 aliphatic heterocycles. The van der Waals surface area contributed by atoms with E-state index in [9.17, 15) is 4.79 Å². The van der Waals surface area contributed by atoms with Gasteiger partial charge in [0.2, 0.25) is 12.7 Å². The van der Waals surface area contributed by atoms with E-state index >= 15 is 0 Å². The Hall–Kier alpha value is -4.13. The van der Waals surface area contributed by atoms with Crippen molar-refractivity contribution in [3.63, 3.8) is 0 Å². The molecule has 4 aromatic rings. The third kappa shape index (κ3) is 3.19. The van der Waals surface area contributed by atoms with Crippen LogP contribution in [0.25, 0.3) is 16.6 Å². The molecule has 142 valence electrons. The maximum atomic E-state index is 13.1. The molecule has 2 heterocycles. The Morgan fingerprint density at radius 2 is 1.76 bits per heavy atom. The molecule has 0 radical (unpaired) electrons. The molecule has 29 heavy (non-hydrogen) atoms. The summed E-state index contributed by atoms with van der Waals surface area (Å²) in [5.74, 6) is 1.72. The Balaban J connectivity index is 1.54. The summed E-state index contributed by atoms with van der Waals surface area (Å²) in [4.78, 5) is 17.7. The second-order valence-electron chi connectivity index (χ2n) is 6.41. The maximum Gasteiger partial charge on any atom is 0.267 e. The highest BCUT2D eigenvalue weighted by molar-refractivity contribution is 5.82. The van der Waals surface area contributed by atoms with Gasteiger partial charge in [-0.1, -0.05) is 30.3 Å². The van der Waals surface area contributed by atoms with Gasteiger partial charge in [0.05, 0.1) is 22.8 Å². The van der Waals surface area contributed by atoms with E-state index in [1.165, 1.54) is 4.57 Å². The number of benzene rings is 3. The standard InChI is InChI=1S/C22H16N4O3/c27-21-17-8-4-5-9-18(17)24-22(26(21)16-6-2-1-3-7-16)25-23-13-15-10-11-19-20(12-15)29-14-28-19/h1-13H,14H2,(H,24,25)/b23-13+. The Morgan fingerprint density at radius 1 is 0.966 bits per heavy atom. The van der Waals surface area contributed by atoms with E-state index < -0.39 is 0 Å². The molecule has 1 aromatic heterocycles. The SMILES string of the molecule is O=c1c2ccccc2nc(N/N=C/c2ccc3c(c2)OCO3)n1-c1ccccc1. The molecule has 1 N–H and O–H groups in total. The molecule has 1 aliphatic rings. The second-order valence-corrected chi connectivity index (χ2v) is 6.41. The molecule has 0 aliphatic carbocycles. The molecule has 0 saturated heterocycles. The van der Waals surface area contributed by atoms with Gasteiger partial charge in [0.15, 0.2) is 11.5 Å². The Morgan fingerprint density at radius 3 is 2.66 bits per heavy atom. The lowest BCUT2D eigenvalue weighted by atomic mass is 10.2. The molecule has 5 rings (SSSR count). The number of ether oxygens (including phenoxy) is 2. The van der Waals surface area contributed by atoms with Crippen molar-refractivity contribution >= 4 is 23.1 Å². The normalized spacial score (nSPS) is 12.6. The van der Waals surface area contributed by atoms with Crippen LogP contribution in [0.2, 0.25) is 0 Å². The summed E-state index contributed by atoms with van der Waals surface area (Å²) in [6, 6.07) is 22.1. The van der Waals surface area contributed by atoms with Gasteiger partial charge in [-0.2, -0.15) is 5.10 Å². The summed E-state index contributed by atoms with van der Waals surface area (Å²) < 4.78 is 12.2. The minimum atomic E-state index is -0.164. The summed E-state index contributed by atoms with van der Waals surface area (Å²) in [6.07, 6.45) is 1.64. The Bertz CT molecular complexity index is 1280. The molecule has 3 aromatic carbocycles. The predicted molar refractivity (Wildman–Crippen MR) is 111 cm³/mol. The van der Waals surface area contributed by atoms with Crippen LogP contribution in [0.15, 0.2) is 82.7 Å². The third-order valence-electron chi connectivity index (χ3n) is 4.56. The lowest BCUT2D eigenvalue weighted by Crippen LogP contribution is -2.22. The summed E-state index contributed by atoms with van der Waals surface area (Å²) in [5, 5.41) is 4.82. The minimum absolute atomic E-state index is 0.164. The van der Waals surface area contributed by atoms with Crippen LogP contribution in [-0.2, 0) is 0 Å². The topological polar surface area (TPSA) is 77.7 Å². The van der Waals surface area contributed by atoms with Crippen LogP contribution in [0.3, 0.4) is 0 Å². The predicted octanol–water partition coefficient (Wildman–Crippen LogP) is 3.56. The number of para-hydroxylation sites is 2. The van der Waals surface area contributed by atoms with Gasteiger partial charge in [0, 0.05) is 0 Å². The van der Waals surface area contributed by atoms with Crippen LogP contribution < -0.4 is 20.5 Å². The van der Waals surface area contributed by atoms with Gasteiger partial charge in [-0.25, -0.2) is 15.0 Å². The van der Waals surface area contributed by atoms with Crippen LogP contribution in [0.4, 0.5) is 5.95 Å². The van der Waals surface area contributed by atoms with E-state index in [-0.39, 0.29) is 12.4 Å². The highest BCUT2D eigenvalue weighted by atomic mass is 16.7. The zero-order chi connectivity index (χ0) is 19.6. The number of hydrogen-bond acceptors (Lipinski definition) is 6. The van der Waals surface area contributed by atoms with E-state index in [0.29, 0.717) is 34.0 Å². The minimum Gasteiger partial charge on any atom is -0.454 e. The molecule has 0 bridgehead atoms. The van der Waals surface area contributed by atoms with Gasteiger partial charge in [-0.05, 0) is 48.0 Å². The molecule has 0 atom stereocenters. The largest absolute Gasteiger partial charge is 0.454 e. The average molecular weight is 384 g/mol. The summed E-state index contributed by atoms with van der Waals surface area (Å²) in [5.41, 5.74) is 4.88. The van der Waals surface area contributed by atoms with E-state index in [2.05, 4.69) is 15.5 Å². The van der Waals surface area contributed by atoms with E-state index in [1.807, 2.05) is 60.7 Å². The van der Waals surface area contributed by atoms with Crippen molar-refractivity contribution < 1.29 is 9.47 Å². The van der Waals surface area contributed by atoms with Gasteiger partial charge >= 0.3 is 0 Å². The van der Waals surface area contributed by atoms with Crippen molar-refractivity contribution in [1.82, 2.24) is 9.55 Å². The van der Waals surface area contributed by atoms with Gasteiger partial charge in [0.1, 0.15) is 0 Å². The number of nitrogens with one attached hydrogen (secondary N) is 1. The molecular weight excluding hydrogens is 368 g/mol. The maximum absolute atomic E-state index is 13.1. The number of anilines is 1. The van der Waals surface area contributed by atoms with E-state index in [0.717, 1.165) is 5.56 Å². The van der Waals surface area contributed by atoms with Crippen LogP contribution in [0, 0.1) is 0 Å². The Kier molecular flexibility index (Phi) is 4.18. The van der Waals surface area contributed by atoms with Crippen LogP contribution in [0.1, 0.15) is 5.56 Å². The van der Waals surface area contributed by atoms with Crippen LogP contribution in [-0.4, -0.2) is 22.6 Å². The van der Waals surface area contributed by atoms with Crippen molar-refractivity contribution in [3.05, 3.63) is 88.7 Å². The van der Waals surface area contributed by atoms with Crippen molar-refractivity contribution in [2.24, 2.45) is 5.10 Å². The van der Waals surface area contributed by atoms with Crippen molar-refractivity contribution in [2.45, 2.75) is 0 Å². The fourth-order valence-electron chi connectivity index (χ4n) is 3.18. The zero-order valence-electron chi connectivity index (χ0n) is 15.3. The molecule has 7 nitrogen and oxygen atoms in total. The number of hydrogen-bond donors (Lipinski definition) is 1. The van der Waals surface area contributed by atoms with E-state index in [4.69, 9.17) is 9.47 Å². The highest BCUT2D eigenvalue weighted by Crippen LogP contribution is 2.32. The van der Waals surface area contributed by atoms with Gasteiger partial charge in [-0.15, -0.1) is 0 Å². The molecule has 0 unspecified atom stereocenters. The van der Waals surface area contributed by atoms with Gasteiger partial charge < -0.3 is 9.47 Å². The number of hydrazone groups is 1. The molecule has 0 amide bonds. The Labute approximate surface area is 165 Å². The van der Waals surface area contributed by atoms with Gasteiger partial charge in [-0.3, -0.25) is 4.79 Å². The lowest BCUT2D eigenvalue weighted by Gasteiger charge is -2.12. The van der Waals surface area contributed by atoms with E-state index in [1.54, 1.807) is 18.3 Å². The number of fused-ring (bicyclic) bond motifs is 2. The first-order valence-corrected chi connectivity index (χ1v) is 9.05. The fraction of sp³-hybridized carbons (Fsp3) is 0.0455. The van der Waals surface area contributed by atoms with Crippen molar-refractivity contribution in [1.29, 1.82) is 0 Å². The van der Waals surface area contributed by atoms with Gasteiger partial charge in [0.25, 0.3) is 5.56 Å². The first kappa shape index (κ1) is 17.0.